The Bertz CT molecular complexity index is 1070. The Balaban J connectivity index is 1.68. The molecule has 0 fully saturated rings. The number of hydrogen-bond acceptors (Lipinski definition) is 5. The van der Waals surface area contributed by atoms with Gasteiger partial charge < -0.3 is 5.32 Å². The van der Waals surface area contributed by atoms with Crippen molar-refractivity contribution in [3.8, 4) is 5.69 Å². The summed E-state index contributed by atoms with van der Waals surface area (Å²) >= 11 is 31.9. The molecule has 3 rings (SSSR count). The molecule has 0 radical (unpaired) electrons. The molecule has 0 unspecified atom stereocenters. The van der Waals surface area contributed by atoms with Crippen LogP contribution >= 0.6 is 81.7 Å². The van der Waals surface area contributed by atoms with Crippen molar-refractivity contribution >= 4 is 93.3 Å². The fourth-order valence-electron chi connectivity index (χ4n) is 2.01. The Morgan fingerprint density at radius 3 is 2.67 bits per heavy atom. The molecule has 0 atom stereocenters. The Morgan fingerprint density at radius 1 is 1.15 bits per heavy atom. The molecule has 11 heteroatoms. The van der Waals surface area contributed by atoms with Gasteiger partial charge >= 0.3 is 0 Å². The first-order valence-corrected chi connectivity index (χ1v) is 11.0. The molecule has 3 aromatic rings. The third-order valence-corrected chi connectivity index (χ3v) is 7.15. The molecule has 0 saturated heterocycles. The summed E-state index contributed by atoms with van der Waals surface area (Å²) in [6.45, 7) is 0. The van der Waals surface area contributed by atoms with E-state index in [4.69, 9.17) is 58.6 Å². The van der Waals surface area contributed by atoms with Crippen LogP contribution < -0.4 is 5.32 Å². The van der Waals surface area contributed by atoms with E-state index >= 15 is 0 Å². The Labute approximate surface area is 188 Å². The summed E-state index contributed by atoms with van der Waals surface area (Å²) in [5.74, 6) is -0.0849. The fraction of sp³-hybridized carbons (Fsp3) is 0.0625. The number of thioether (sulfide) groups is 1. The first kappa shape index (κ1) is 20.9. The van der Waals surface area contributed by atoms with Crippen LogP contribution in [0.4, 0.5) is 5.69 Å². The van der Waals surface area contributed by atoms with Crippen molar-refractivity contribution in [2.75, 3.05) is 11.1 Å². The number of hydrogen-bond donors (Lipinski definition) is 1. The van der Waals surface area contributed by atoms with Crippen LogP contribution in [0, 0.1) is 3.95 Å². The zero-order chi connectivity index (χ0) is 19.6. The molecular weight excluding hydrogens is 488 g/mol. The maximum atomic E-state index is 12.2. The van der Waals surface area contributed by atoms with Gasteiger partial charge in [0.05, 0.1) is 37.2 Å². The van der Waals surface area contributed by atoms with Gasteiger partial charge in [0, 0.05) is 0 Å². The summed E-state index contributed by atoms with van der Waals surface area (Å²) in [6, 6.07) is 10.2. The number of carbonyl (C=O) groups is 1. The Hall–Kier alpha value is -0.800. The molecule has 1 aromatic heterocycles. The van der Waals surface area contributed by atoms with Crippen molar-refractivity contribution < 1.29 is 4.79 Å². The van der Waals surface area contributed by atoms with E-state index in [9.17, 15) is 4.79 Å². The first-order valence-electron chi connectivity index (χ1n) is 7.27. The van der Waals surface area contributed by atoms with Gasteiger partial charge in [-0.2, -0.15) is 0 Å². The van der Waals surface area contributed by atoms with Gasteiger partial charge in [0.2, 0.25) is 5.91 Å². The number of aromatic nitrogens is 2. The average molecular weight is 497 g/mol. The molecule has 140 valence electrons. The van der Waals surface area contributed by atoms with Gasteiger partial charge in [0.15, 0.2) is 8.29 Å². The molecular formula is C16H9Cl4N3OS3. The van der Waals surface area contributed by atoms with Crippen LogP contribution in [0.25, 0.3) is 5.69 Å². The lowest BCUT2D eigenvalue weighted by molar-refractivity contribution is -0.113. The third-order valence-electron chi connectivity index (χ3n) is 3.23. The third kappa shape index (κ3) is 5.17. The van der Waals surface area contributed by atoms with Crippen molar-refractivity contribution in [2.45, 2.75) is 4.34 Å². The van der Waals surface area contributed by atoms with Crippen molar-refractivity contribution in [1.29, 1.82) is 0 Å². The maximum absolute atomic E-state index is 12.2. The Morgan fingerprint density at radius 2 is 1.93 bits per heavy atom. The number of nitrogens with one attached hydrogen (secondary N) is 1. The van der Waals surface area contributed by atoms with E-state index in [2.05, 4.69) is 10.4 Å². The number of carbonyl (C=O) groups excluding carboxylic acids is 1. The molecule has 0 bridgehead atoms. The highest BCUT2D eigenvalue weighted by Gasteiger charge is 2.12. The van der Waals surface area contributed by atoms with Crippen molar-refractivity contribution in [3.63, 3.8) is 0 Å². The number of amides is 1. The molecule has 2 aromatic carbocycles. The van der Waals surface area contributed by atoms with Crippen LogP contribution in [-0.4, -0.2) is 21.4 Å². The topological polar surface area (TPSA) is 46.9 Å². The molecule has 0 spiro atoms. The second-order valence-corrected chi connectivity index (χ2v) is 9.53. The largest absolute Gasteiger partial charge is 0.324 e. The molecule has 4 nitrogen and oxygen atoms in total. The monoisotopic (exact) mass is 495 g/mol. The Kier molecular flexibility index (Phi) is 7.08. The predicted molar refractivity (Wildman–Crippen MR) is 118 cm³/mol. The number of halogens is 4. The zero-order valence-corrected chi connectivity index (χ0v) is 18.7. The van der Waals surface area contributed by atoms with Gasteiger partial charge in [-0.1, -0.05) is 75.6 Å². The molecule has 0 aliphatic rings. The first-order chi connectivity index (χ1) is 12.8. The van der Waals surface area contributed by atoms with Crippen LogP contribution in [0.3, 0.4) is 0 Å². The standard InChI is InChI=1S/C16H9Cl4N3OS3/c17-9-5-4-8(6-11(9)19)23-16(25)27-15(22-23)26-7-13(24)21-12-3-1-2-10(18)14(12)20/h1-6H,7H2,(H,21,24). The van der Waals surface area contributed by atoms with Gasteiger partial charge in [-0.05, 0) is 42.5 Å². The van der Waals surface area contributed by atoms with Crippen LogP contribution in [0.2, 0.25) is 20.1 Å². The van der Waals surface area contributed by atoms with Crippen molar-refractivity contribution in [1.82, 2.24) is 9.78 Å². The second kappa shape index (κ2) is 9.13. The van der Waals surface area contributed by atoms with E-state index < -0.39 is 0 Å². The second-order valence-electron chi connectivity index (χ2n) is 5.08. The smallest absolute Gasteiger partial charge is 0.234 e. The fourth-order valence-corrected chi connectivity index (χ4v) is 4.81. The minimum Gasteiger partial charge on any atom is -0.324 e. The van der Waals surface area contributed by atoms with E-state index in [1.807, 2.05) is 0 Å². The molecule has 0 aliphatic heterocycles. The molecule has 0 saturated carbocycles. The quantitative estimate of drug-likeness (QED) is 0.305. The molecule has 0 aliphatic carbocycles. The van der Waals surface area contributed by atoms with Crippen LogP contribution in [0.15, 0.2) is 40.7 Å². The van der Waals surface area contributed by atoms with Crippen LogP contribution in [0.1, 0.15) is 0 Å². The SMILES string of the molecule is O=C(CSc1nn(-c2ccc(Cl)c(Cl)c2)c(=S)s1)Nc1cccc(Cl)c1Cl. The number of anilines is 1. The van der Waals surface area contributed by atoms with Gasteiger partial charge in [-0.3, -0.25) is 4.79 Å². The highest BCUT2D eigenvalue weighted by atomic mass is 35.5. The van der Waals surface area contributed by atoms with Gasteiger partial charge in [0.1, 0.15) is 0 Å². The maximum Gasteiger partial charge on any atom is 0.234 e. The summed E-state index contributed by atoms with van der Waals surface area (Å²) in [5, 5.41) is 8.69. The average Bonchev–Trinajstić information content (AvgIpc) is 3.00. The number of nitrogens with zero attached hydrogens (tertiary/aromatic N) is 2. The minimum atomic E-state index is -0.230. The van der Waals surface area contributed by atoms with Gasteiger partial charge in [-0.25, -0.2) is 4.68 Å². The zero-order valence-electron chi connectivity index (χ0n) is 13.2. The lowest BCUT2D eigenvalue weighted by Crippen LogP contribution is -2.14. The van der Waals surface area contributed by atoms with Crippen LogP contribution in [0.5, 0.6) is 0 Å². The van der Waals surface area contributed by atoms with E-state index in [1.54, 1.807) is 41.1 Å². The minimum absolute atomic E-state index is 0.145. The summed E-state index contributed by atoms with van der Waals surface area (Å²) in [7, 11) is 0. The highest BCUT2D eigenvalue weighted by Crippen LogP contribution is 2.31. The summed E-state index contributed by atoms with van der Waals surface area (Å²) in [4.78, 5) is 12.2. The summed E-state index contributed by atoms with van der Waals surface area (Å²) in [6.07, 6.45) is 0. The predicted octanol–water partition coefficient (Wildman–Crippen LogP) is 7.01. The molecule has 1 N–H and O–H groups in total. The summed E-state index contributed by atoms with van der Waals surface area (Å²) < 4.78 is 2.77. The van der Waals surface area contributed by atoms with Gasteiger partial charge in [-0.15, -0.1) is 5.10 Å². The number of rotatable bonds is 5. The highest BCUT2D eigenvalue weighted by molar-refractivity contribution is 8.01. The van der Waals surface area contributed by atoms with Crippen molar-refractivity contribution in [2.24, 2.45) is 0 Å². The van der Waals surface area contributed by atoms with E-state index in [1.165, 1.54) is 23.1 Å². The van der Waals surface area contributed by atoms with E-state index in [0.717, 1.165) is 0 Å². The van der Waals surface area contributed by atoms with E-state index in [-0.39, 0.29) is 11.7 Å². The number of benzene rings is 2. The molecule has 27 heavy (non-hydrogen) atoms. The van der Waals surface area contributed by atoms with E-state index in [0.29, 0.717) is 39.8 Å². The van der Waals surface area contributed by atoms with Gasteiger partial charge in [0.25, 0.3) is 0 Å². The molecule has 1 amide bonds. The normalized spacial score (nSPS) is 10.8. The van der Waals surface area contributed by atoms with Crippen molar-refractivity contribution in [3.05, 3.63) is 60.4 Å². The van der Waals surface area contributed by atoms with Crippen LogP contribution in [-0.2, 0) is 4.79 Å². The lowest BCUT2D eigenvalue weighted by Gasteiger charge is -2.07. The summed E-state index contributed by atoms with van der Waals surface area (Å²) in [5.41, 5.74) is 1.16. The molecule has 1 heterocycles. The lowest BCUT2D eigenvalue weighted by atomic mass is 10.3.